The third-order valence-electron chi connectivity index (χ3n) is 4.35. The van der Waals surface area contributed by atoms with E-state index in [1.165, 1.54) is 6.92 Å². The van der Waals surface area contributed by atoms with Crippen LogP contribution in [0.15, 0.2) is 42.9 Å². The maximum atomic E-state index is 11.3. The van der Waals surface area contributed by atoms with Crippen LogP contribution in [0.3, 0.4) is 0 Å². The number of aromatic nitrogens is 3. The van der Waals surface area contributed by atoms with Crippen molar-refractivity contribution in [2.75, 3.05) is 23.3 Å². The van der Waals surface area contributed by atoms with Gasteiger partial charge in [0.1, 0.15) is 0 Å². The number of aliphatic hydroxyl groups excluding tert-OH is 1. The minimum absolute atomic E-state index is 0.102. The molecule has 1 aliphatic rings. The third kappa shape index (κ3) is 2.94. The molecule has 128 valence electrons. The van der Waals surface area contributed by atoms with Crippen molar-refractivity contribution < 1.29 is 9.90 Å². The highest BCUT2D eigenvalue weighted by atomic mass is 16.3. The number of aliphatic hydroxyl groups is 1. The van der Waals surface area contributed by atoms with Crippen molar-refractivity contribution >= 4 is 23.1 Å². The summed E-state index contributed by atoms with van der Waals surface area (Å²) in [6.45, 7) is 2.84. The number of hydrogen-bond donors (Lipinski definition) is 2. The van der Waals surface area contributed by atoms with Crippen LogP contribution in [-0.2, 0) is 4.79 Å². The third-order valence-corrected chi connectivity index (χ3v) is 4.35. The molecule has 25 heavy (non-hydrogen) atoms. The molecule has 2 aromatic heterocycles. The highest BCUT2D eigenvalue weighted by molar-refractivity contribution is 5.89. The van der Waals surface area contributed by atoms with Gasteiger partial charge in [-0.05, 0) is 18.6 Å². The normalized spacial score (nSPS) is 17.2. The first kappa shape index (κ1) is 15.6. The Morgan fingerprint density at radius 3 is 3.00 bits per heavy atom. The number of imidazole rings is 1. The number of nitrogens with zero attached hydrogens (tertiary/aromatic N) is 4. The second-order valence-electron chi connectivity index (χ2n) is 6.24. The Kier molecular flexibility index (Phi) is 3.85. The van der Waals surface area contributed by atoms with E-state index in [2.05, 4.69) is 20.2 Å². The predicted octanol–water partition coefficient (Wildman–Crippen LogP) is 1.93. The van der Waals surface area contributed by atoms with Gasteiger partial charge in [0.05, 0.1) is 18.0 Å². The van der Waals surface area contributed by atoms with E-state index in [1.54, 1.807) is 12.4 Å². The summed E-state index contributed by atoms with van der Waals surface area (Å²) in [5, 5.41) is 12.6. The van der Waals surface area contributed by atoms with Crippen LogP contribution in [0, 0.1) is 0 Å². The summed E-state index contributed by atoms with van der Waals surface area (Å²) in [4.78, 5) is 22.3. The maximum absolute atomic E-state index is 11.3. The van der Waals surface area contributed by atoms with Crippen LogP contribution in [0.25, 0.3) is 16.9 Å². The van der Waals surface area contributed by atoms with E-state index in [4.69, 9.17) is 0 Å². The summed E-state index contributed by atoms with van der Waals surface area (Å²) >= 11 is 0. The van der Waals surface area contributed by atoms with Gasteiger partial charge in [-0.15, -0.1) is 0 Å². The smallest absolute Gasteiger partial charge is 0.221 e. The Hall–Kier alpha value is -2.93. The van der Waals surface area contributed by atoms with Crippen molar-refractivity contribution in [1.82, 2.24) is 14.4 Å². The Balaban J connectivity index is 1.76. The molecule has 7 nitrogen and oxygen atoms in total. The molecule has 1 unspecified atom stereocenters. The van der Waals surface area contributed by atoms with Crippen LogP contribution in [-0.4, -0.2) is 44.6 Å². The van der Waals surface area contributed by atoms with E-state index in [9.17, 15) is 9.90 Å². The highest BCUT2D eigenvalue weighted by Crippen LogP contribution is 2.28. The number of carbonyl (C=O) groups is 1. The lowest BCUT2D eigenvalue weighted by Crippen LogP contribution is -2.23. The standard InChI is InChI=1S/C18H19N5O2/c1-12(24)21-14-4-2-3-13(9-14)16-10-20-18-17(19-6-8-23(16)18)22-7-5-15(25)11-22/h2-4,6,8-10,15,25H,5,7,11H2,1H3,(H,21,24). The second kappa shape index (κ2) is 6.18. The summed E-state index contributed by atoms with van der Waals surface area (Å²) in [6, 6.07) is 7.66. The van der Waals surface area contributed by atoms with Gasteiger partial charge < -0.3 is 15.3 Å². The van der Waals surface area contributed by atoms with Crippen molar-refractivity contribution in [3.63, 3.8) is 0 Å². The van der Waals surface area contributed by atoms with E-state index in [-0.39, 0.29) is 12.0 Å². The van der Waals surface area contributed by atoms with Crippen LogP contribution in [0.5, 0.6) is 0 Å². The number of fused-ring (bicyclic) bond motifs is 1. The number of amides is 1. The van der Waals surface area contributed by atoms with Crippen molar-refractivity contribution in [3.8, 4) is 11.3 Å². The predicted molar refractivity (Wildman–Crippen MR) is 95.6 cm³/mol. The zero-order valence-electron chi connectivity index (χ0n) is 13.9. The van der Waals surface area contributed by atoms with E-state index >= 15 is 0 Å². The number of anilines is 2. The SMILES string of the molecule is CC(=O)Nc1cccc(-c2cnc3c(N4CCC(O)C4)nccn23)c1. The molecule has 0 bridgehead atoms. The Morgan fingerprint density at radius 1 is 1.36 bits per heavy atom. The first-order valence-corrected chi connectivity index (χ1v) is 8.25. The van der Waals surface area contributed by atoms with Crippen LogP contribution < -0.4 is 10.2 Å². The average molecular weight is 337 g/mol. The van der Waals surface area contributed by atoms with Gasteiger partial charge in [-0.3, -0.25) is 9.20 Å². The minimum Gasteiger partial charge on any atom is -0.391 e. The number of nitrogens with one attached hydrogen (secondary N) is 1. The zero-order valence-corrected chi connectivity index (χ0v) is 13.9. The molecule has 0 aliphatic carbocycles. The van der Waals surface area contributed by atoms with Gasteiger partial charge in [-0.2, -0.15) is 0 Å². The first-order valence-electron chi connectivity index (χ1n) is 8.25. The van der Waals surface area contributed by atoms with Crippen molar-refractivity contribution in [2.24, 2.45) is 0 Å². The molecule has 1 amide bonds. The second-order valence-corrected chi connectivity index (χ2v) is 6.24. The van der Waals surface area contributed by atoms with Gasteiger partial charge >= 0.3 is 0 Å². The Bertz CT molecular complexity index is 936. The fourth-order valence-electron chi connectivity index (χ4n) is 3.24. The molecule has 3 aromatic rings. The van der Waals surface area contributed by atoms with Crippen molar-refractivity contribution in [1.29, 1.82) is 0 Å². The maximum Gasteiger partial charge on any atom is 0.221 e. The molecule has 1 aromatic carbocycles. The number of rotatable bonds is 3. The van der Waals surface area contributed by atoms with Gasteiger partial charge in [-0.1, -0.05) is 12.1 Å². The minimum atomic E-state index is -0.314. The van der Waals surface area contributed by atoms with Gasteiger partial charge in [0.2, 0.25) is 5.91 Å². The van der Waals surface area contributed by atoms with Crippen LogP contribution in [0.2, 0.25) is 0 Å². The summed E-state index contributed by atoms with van der Waals surface area (Å²) in [5.41, 5.74) is 3.39. The summed E-state index contributed by atoms with van der Waals surface area (Å²) in [5.74, 6) is 0.678. The number of carbonyl (C=O) groups excluding carboxylic acids is 1. The van der Waals surface area contributed by atoms with Crippen molar-refractivity contribution in [2.45, 2.75) is 19.4 Å². The highest BCUT2D eigenvalue weighted by Gasteiger charge is 2.24. The summed E-state index contributed by atoms with van der Waals surface area (Å²) in [6.07, 6.45) is 5.86. The molecule has 7 heteroatoms. The zero-order chi connectivity index (χ0) is 17.4. The molecule has 0 spiro atoms. The van der Waals surface area contributed by atoms with Gasteiger partial charge in [0, 0.05) is 43.7 Å². The molecule has 1 fully saturated rings. The molecule has 4 rings (SSSR count). The number of hydrogen-bond acceptors (Lipinski definition) is 5. The Labute approximate surface area is 144 Å². The Morgan fingerprint density at radius 2 is 2.24 bits per heavy atom. The molecule has 0 saturated carbocycles. The lowest BCUT2D eigenvalue weighted by atomic mass is 10.1. The molecule has 1 saturated heterocycles. The quantitative estimate of drug-likeness (QED) is 0.763. The molecule has 2 N–H and O–H groups in total. The number of β-amino-alcohol motifs (C(OH)–C–C–N with tert-alkyl or cyclic N) is 1. The molecule has 3 heterocycles. The molecule has 0 radical (unpaired) electrons. The van der Waals surface area contributed by atoms with E-state index in [1.807, 2.05) is 34.9 Å². The average Bonchev–Trinajstić information content (AvgIpc) is 3.20. The monoisotopic (exact) mass is 337 g/mol. The van der Waals surface area contributed by atoms with Gasteiger partial charge in [0.25, 0.3) is 0 Å². The first-order chi connectivity index (χ1) is 12.1. The molecule has 1 aliphatic heterocycles. The topological polar surface area (TPSA) is 82.8 Å². The molecular formula is C18H19N5O2. The van der Waals surface area contributed by atoms with Crippen LogP contribution in [0.4, 0.5) is 11.5 Å². The molecule has 1 atom stereocenters. The molecular weight excluding hydrogens is 318 g/mol. The summed E-state index contributed by atoms with van der Waals surface area (Å²) in [7, 11) is 0. The lowest BCUT2D eigenvalue weighted by molar-refractivity contribution is -0.114. The van der Waals surface area contributed by atoms with E-state index in [0.29, 0.717) is 6.54 Å². The van der Waals surface area contributed by atoms with Gasteiger partial charge in [0.15, 0.2) is 11.5 Å². The summed E-state index contributed by atoms with van der Waals surface area (Å²) < 4.78 is 1.99. The van der Waals surface area contributed by atoms with Crippen molar-refractivity contribution in [3.05, 3.63) is 42.9 Å². The van der Waals surface area contributed by atoms with E-state index in [0.717, 1.165) is 41.4 Å². The van der Waals surface area contributed by atoms with Crippen LogP contribution >= 0.6 is 0 Å². The van der Waals surface area contributed by atoms with Gasteiger partial charge in [-0.25, -0.2) is 9.97 Å². The van der Waals surface area contributed by atoms with Crippen LogP contribution in [0.1, 0.15) is 13.3 Å². The fraction of sp³-hybridized carbons (Fsp3) is 0.278. The number of benzene rings is 1. The largest absolute Gasteiger partial charge is 0.391 e. The fourth-order valence-corrected chi connectivity index (χ4v) is 3.24. The van der Waals surface area contributed by atoms with E-state index < -0.39 is 0 Å². The lowest BCUT2D eigenvalue weighted by Gasteiger charge is -2.17.